The van der Waals surface area contributed by atoms with Crippen LogP contribution in [0.1, 0.15) is 100 Å². The van der Waals surface area contributed by atoms with Gasteiger partial charge in [-0.2, -0.15) is 0 Å². The van der Waals surface area contributed by atoms with Gasteiger partial charge in [0.25, 0.3) is 5.91 Å². The molecule has 5 heteroatoms. The summed E-state index contributed by atoms with van der Waals surface area (Å²) in [6.45, 7) is 5.22. The van der Waals surface area contributed by atoms with Crippen LogP contribution in [-0.2, 0) is 6.54 Å². The molecule has 178 valence electrons. The van der Waals surface area contributed by atoms with Gasteiger partial charge in [-0.15, -0.1) is 0 Å². The second-order valence-electron chi connectivity index (χ2n) is 9.00. The molecule has 0 saturated heterocycles. The molecule has 0 aliphatic rings. The molecule has 1 heterocycles. The Labute approximate surface area is 207 Å². The highest BCUT2D eigenvalue weighted by atomic mass is 79.9. The first-order valence-corrected chi connectivity index (χ1v) is 13.4. The number of aromatic nitrogens is 2. The lowest BCUT2D eigenvalue weighted by Gasteiger charge is -2.16. The number of nitrogens with zero attached hydrogens (tertiary/aromatic N) is 2. The Bertz CT molecular complexity index is 1010. The lowest BCUT2D eigenvalue weighted by molar-refractivity contribution is 0.0937. The number of aryl methyl sites for hydroxylation is 1. The zero-order chi connectivity index (χ0) is 23.5. The van der Waals surface area contributed by atoms with E-state index in [9.17, 15) is 4.79 Å². The summed E-state index contributed by atoms with van der Waals surface area (Å²) < 4.78 is 3.20. The van der Waals surface area contributed by atoms with E-state index in [0.29, 0.717) is 5.56 Å². The highest BCUT2D eigenvalue weighted by Crippen LogP contribution is 2.23. The van der Waals surface area contributed by atoms with Gasteiger partial charge in [-0.3, -0.25) is 4.79 Å². The first kappa shape index (κ1) is 25.5. The molecule has 4 nitrogen and oxygen atoms in total. The van der Waals surface area contributed by atoms with Gasteiger partial charge in [0.15, 0.2) is 0 Å². The van der Waals surface area contributed by atoms with Crippen molar-refractivity contribution >= 4 is 32.9 Å². The third kappa shape index (κ3) is 7.70. The lowest BCUT2D eigenvalue weighted by atomic mass is 10.1. The maximum Gasteiger partial charge on any atom is 0.251 e. The third-order valence-electron chi connectivity index (χ3n) is 6.24. The van der Waals surface area contributed by atoms with Crippen molar-refractivity contribution in [1.29, 1.82) is 0 Å². The Balaban J connectivity index is 1.56. The van der Waals surface area contributed by atoms with Gasteiger partial charge in [0.05, 0.1) is 17.1 Å². The largest absolute Gasteiger partial charge is 0.342 e. The minimum Gasteiger partial charge on any atom is -0.342 e. The van der Waals surface area contributed by atoms with Gasteiger partial charge in [-0.05, 0) is 43.7 Å². The number of hydrogen-bond donors (Lipinski definition) is 1. The number of imidazole rings is 1. The summed E-state index contributed by atoms with van der Waals surface area (Å²) in [6, 6.07) is 15.6. The molecule has 1 aromatic heterocycles. The standard InChI is InChI=1S/C28H38BrN3O/c1-3-4-5-6-7-8-9-10-11-14-20-32-26-19-13-12-18-25(26)31-27(32)22(2)30-28(33)23-16-15-17-24(29)21-23/h12-13,15-19,21-22H,3-11,14,20H2,1-2H3,(H,30,33). The number of amides is 1. The fraction of sp³-hybridized carbons (Fsp3) is 0.500. The molecule has 1 atom stereocenters. The normalized spacial score (nSPS) is 12.2. The van der Waals surface area contributed by atoms with Crippen molar-refractivity contribution in [2.75, 3.05) is 0 Å². The maximum atomic E-state index is 12.8. The molecule has 2 aromatic carbocycles. The van der Waals surface area contributed by atoms with E-state index in [4.69, 9.17) is 4.98 Å². The van der Waals surface area contributed by atoms with E-state index in [1.165, 1.54) is 57.8 Å². The Morgan fingerprint density at radius 2 is 1.61 bits per heavy atom. The molecular weight excluding hydrogens is 474 g/mol. The summed E-state index contributed by atoms with van der Waals surface area (Å²) in [7, 11) is 0. The number of benzene rings is 2. The van der Waals surface area contributed by atoms with Crippen molar-refractivity contribution in [3.05, 3.63) is 64.4 Å². The Morgan fingerprint density at radius 1 is 0.939 bits per heavy atom. The monoisotopic (exact) mass is 511 g/mol. The Morgan fingerprint density at radius 3 is 2.30 bits per heavy atom. The molecule has 1 unspecified atom stereocenters. The number of para-hydroxylation sites is 2. The van der Waals surface area contributed by atoms with Crippen LogP contribution in [0.2, 0.25) is 0 Å². The van der Waals surface area contributed by atoms with Crippen molar-refractivity contribution in [1.82, 2.24) is 14.9 Å². The Hall–Kier alpha value is -2.14. The third-order valence-corrected chi connectivity index (χ3v) is 6.73. The zero-order valence-corrected chi connectivity index (χ0v) is 21.7. The molecule has 0 radical (unpaired) electrons. The molecule has 0 aliphatic heterocycles. The fourth-order valence-corrected chi connectivity index (χ4v) is 4.79. The predicted molar refractivity (Wildman–Crippen MR) is 142 cm³/mol. The van der Waals surface area contributed by atoms with Crippen LogP contribution >= 0.6 is 15.9 Å². The van der Waals surface area contributed by atoms with Crippen LogP contribution < -0.4 is 5.32 Å². The van der Waals surface area contributed by atoms with Crippen molar-refractivity contribution < 1.29 is 4.79 Å². The summed E-state index contributed by atoms with van der Waals surface area (Å²) in [4.78, 5) is 17.7. The van der Waals surface area contributed by atoms with Gasteiger partial charge in [0, 0.05) is 16.6 Å². The molecule has 0 fully saturated rings. The van der Waals surface area contributed by atoms with Crippen molar-refractivity contribution in [3.63, 3.8) is 0 Å². The van der Waals surface area contributed by atoms with Crippen LogP contribution in [0.5, 0.6) is 0 Å². The van der Waals surface area contributed by atoms with Gasteiger partial charge in [-0.1, -0.05) is 98.8 Å². The van der Waals surface area contributed by atoms with Crippen LogP contribution in [0.4, 0.5) is 0 Å². The van der Waals surface area contributed by atoms with E-state index >= 15 is 0 Å². The topological polar surface area (TPSA) is 46.9 Å². The quantitative estimate of drug-likeness (QED) is 0.221. The number of rotatable bonds is 14. The van der Waals surface area contributed by atoms with Gasteiger partial charge in [0.2, 0.25) is 0 Å². The number of nitrogens with one attached hydrogen (secondary N) is 1. The number of unbranched alkanes of at least 4 members (excludes halogenated alkanes) is 9. The summed E-state index contributed by atoms with van der Waals surface area (Å²) in [5.41, 5.74) is 2.78. The summed E-state index contributed by atoms with van der Waals surface area (Å²) in [5.74, 6) is 0.844. The molecule has 0 spiro atoms. The van der Waals surface area contributed by atoms with Crippen LogP contribution in [0, 0.1) is 0 Å². The summed E-state index contributed by atoms with van der Waals surface area (Å²) >= 11 is 3.44. The first-order valence-electron chi connectivity index (χ1n) is 12.6. The molecule has 3 rings (SSSR count). The summed E-state index contributed by atoms with van der Waals surface area (Å²) in [6.07, 6.45) is 13.2. The molecule has 33 heavy (non-hydrogen) atoms. The smallest absolute Gasteiger partial charge is 0.251 e. The van der Waals surface area contributed by atoms with Crippen molar-refractivity contribution in [2.45, 2.75) is 90.6 Å². The van der Waals surface area contributed by atoms with Gasteiger partial charge < -0.3 is 9.88 Å². The first-order chi connectivity index (χ1) is 16.1. The van der Waals surface area contributed by atoms with E-state index in [2.05, 4.69) is 50.9 Å². The highest BCUT2D eigenvalue weighted by Gasteiger charge is 2.19. The van der Waals surface area contributed by atoms with Crippen LogP contribution in [0.25, 0.3) is 11.0 Å². The van der Waals surface area contributed by atoms with E-state index in [1.54, 1.807) is 0 Å². The SMILES string of the molecule is CCCCCCCCCCCCn1c(C(C)NC(=O)c2cccc(Br)c2)nc2ccccc21. The van der Waals surface area contributed by atoms with Gasteiger partial charge in [0.1, 0.15) is 5.82 Å². The van der Waals surface area contributed by atoms with E-state index < -0.39 is 0 Å². The summed E-state index contributed by atoms with van der Waals surface area (Å²) in [5, 5.41) is 3.14. The van der Waals surface area contributed by atoms with Crippen LogP contribution in [-0.4, -0.2) is 15.5 Å². The predicted octanol–water partition coefficient (Wildman–Crippen LogP) is 8.21. The van der Waals surface area contributed by atoms with Gasteiger partial charge in [-0.25, -0.2) is 4.98 Å². The molecule has 0 saturated carbocycles. The fourth-order valence-electron chi connectivity index (χ4n) is 4.39. The van der Waals surface area contributed by atoms with Gasteiger partial charge >= 0.3 is 0 Å². The van der Waals surface area contributed by atoms with E-state index in [1.807, 2.05) is 37.3 Å². The average Bonchev–Trinajstić information content (AvgIpc) is 3.19. The second-order valence-corrected chi connectivity index (χ2v) is 9.91. The van der Waals surface area contributed by atoms with E-state index in [-0.39, 0.29) is 11.9 Å². The highest BCUT2D eigenvalue weighted by molar-refractivity contribution is 9.10. The molecule has 1 amide bonds. The van der Waals surface area contributed by atoms with Crippen LogP contribution in [0.15, 0.2) is 53.0 Å². The lowest BCUT2D eigenvalue weighted by Crippen LogP contribution is -2.28. The molecule has 0 aliphatic carbocycles. The number of carbonyl (C=O) groups excluding carboxylic acids is 1. The minimum absolute atomic E-state index is 0.0821. The van der Waals surface area contributed by atoms with Crippen LogP contribution in [0.3, 0.4) is 0 Å². The number of hydrogen-bond acceptors (Lipinski definition) is 2. The zero-order valence-electron chi connectivity index (χ0n) is 20.2. The number of halogens is 1. The number of carbonyl (C=O) groups is 1. The Kier molecular flexibility index (Phi) is 10.5. The van der Waals surface area contributed by atoms with Crippen molar-refractivity contribution in [3.8, 4) is 0 Å². The molecular formula is C28H38BrN3O. The molecule has 3 aromatic rings. The maximum absolute atomic E-state index is 12.8. The second kappa shape index (κ2) is 13.5. The molecule has 1 N–H and O–H groups in total. The van der Waals surface area contributed by atoms with Crippen molar-refractivity contribution in [2.24, 2.45) is 0 Å². The minimum atomic E-state index is -0.174. The average molecular weight is 513 g/mol. The van der Waals surface area contributed by atoms with E-state index in [0.717, 1.165) is 34.3 Å². The number of fused-ring (bicyclic) bond motifs is 1. The molecule has 0 bridgehead atoms.